The first-order valence-electron chi connectivity index (χ1n) is 3.62. The summed E-state index contributed by atoms with van der Waals surface area (Å²) in [7, 11) is 2.90. The van der Waals surface area contributed by atoms with Crippen LogP contribution in [0.25, 0.3) is 0 Å². The first-order valence-corrected chi connectivity index (χ1v) is 3.62. The Morgan fingerprint density at radius 1 is 1.42 bits per heavy atom. The fourth-order valence-corrected chi connectivity index (χ4v) is 1.20. The third-order valence-corrected chi connectivity index (χ3v) is 2.39. The van der Waals surface area contributed by atoms with Crippen molar-refractivity contribution >= 4 is 11.9 Å². The predicted octanol–water partition coefficient (Wildman–Crippen LogP) is -0.739. The van der Waals surface area contributed by atoms with E-state index in [4.69, 9.17) is 5.11 Å². The van der Waals surface area contributed by atoms with Crippen LogP contribution < -0.4 is 0 Å². The average Bonchev–Trinajstić information content (AvgIpc) is 2.22. The quantitative estimate of drug-likeness (QED) is 0.530. The van der Waals surface area contributed by atoms with Crippen molar-refractivity contribution in [1.82, 2.24) is 9.80 Å². The van der Waals surface area contributed by atoms with Crippen molar-refractivity contribution in [2.45, 2.75) is 12.5 Å². The lowest BCUT2D eigenvalue weighted by Gasteiger charge is -2.25. The van der Waals surface area contributed by atoms with Gasteiger partial charge in [-0.25, -0.2) is 4.79 Å². The van der Waals surface area contributed by atoms with Crippen LogP contribution in [0.4, 0.5) is 4.79 Å². The van der Waals surface area contributed by atoms with Crippen molar-refractivity contribution < 1.29 is 14.7 Å². The summed E-state index contributed by atoms with van der Waals surface area (Å²) in [5.41, 5.74) is -1.08. The molecule has 0 radical (unpaired) electrons. The molecule has 0 spiro atoms. The summed E-state index contributed by atoms with van der Waals surface area (Å²) in [6.07, 6.45) is 0. The first kappa shape index (κ1) is 8.99. The maximum atomic E-state index is 11.4. The Labute approximate surface area is 70.6 Å². The SMILES string of the molecule is CN1C(=O)N(C)C(C)(CO)C1=O. The molecule has 1 heterocycles. The molecule has 1 N–H and O–H groups in total. The van der Waals surface area contributed by atoms with Gasteiger partial charge >= 0.3 is 6.03 Å². The van der Waals surface area contributed by atoms with Crippen LogP contribution in [0.5, 0.6) is 0 Å². The second-order valence-electron chi connectivity index (χ2n) is 3.14. The molecule has 1 fully saturated rings. The van der Waals surface area contributed by atoms with Crippen LogP contribution in [0.3, 0.4) is 0 Å². The van der Waals surface area contributed by atoms with Crippen molar-refractivity contribution in [3.05, 3.63) is 0 Å². The minimum atomic E-state index is -1.08. The Morgan fingerprint density at radius 3 is 2.08 bits per heavy atom. The van der Waals surface area contributed by atoms with Crippen molar-refractivity contribution in [2.75, 3.05) is 20.7 Å². The van der Waals surface area contributed by atoms with Crippen LogP contribution in [0.15, 0.2) is 0 Å². The number of hydrogen-bond acceptors (Lipinski definition) is 3. The van der Waals surface area contributed by atoms with Gasteiger partial charge < -0.3 is 10.0 Å². The monoisotopic (exact) mass is 172 g/mol. The number of hydrogen-bond donors (Lipinski definition) is 1. The third-order valence-electron chi connectivity index (χ3n) is 2.39. The smallest absolute Gasteiger partial charge is 0.327 e. The zero-order chi connectivity index (χ0) is 9.52. The zero-order valence-corrected chi connectivity index (χ0v) is 7.37. The van der Waals surface area contributed by atoms with E-state index < -0.39 is 5.54 Å². The average molecular weight is 172 g/mol. The van der Waals surface area contributed by atoms with E-state index in [0.29, 0.717) is 0 Å². The van der Waals surface area contributed by atoms with Gasteiger partial charge in [-0.1, -0.05) is 0 Å². The number of rotatable bonds is 1. The molecular formula is C7H12N2O3. The Hall–Kier alpha value is -1.10. The van der Waals surface area contributed by atoms with Gasteiger partial charge in [0.1, 0.15) is 5.54 Å². The summed E-state index contributed by atoms with van der Waals surface area (Å²) in [6.45, 7) is 1.19. The maximum Gasteiger partial charge on any atom is 0.327 e. The minimum Gasteiger partial charge on any atom is -0.393 e. The topological polar surface area (TPSA) is 60.9 Å². The Kier molecular flexibility index (Phi) is 1.83. The molecule has 0 aliphatic carbocycles. The summed E-state index contributed by atoms with van der Waals surface area (Å²) in [5, 5.41) is 8.96. The van der Waals surface area contributed by atoms with Gasteiger partial charge in [-0.05, 0) is 6.92 Å². The van der Waals surface area contributed by atoms with Gasteiger partial charge in [0.2, 0.25) is 0 Å². The molecule has 5 nitrogen and oxygen atoms in total. The number of amides is 3. The Morgan fingerprint density at radius 2 is 1.92 bits per heavy atom. The van der Waals surface area contributed by atoms with E-state index in [1.54, 1.807) is 0 Å². The summed E-state index contributed by atoms with van der Waals surface area (Å²) in [5.74, 6) is -0.363. The molecule has 0 aromatic carbocycles. The van der Waals surface area contributed by atoms with E-state index in [9.17, 15) is 9.59 Å². The standard InChI is InChI=1S/C7H12N2O3/c1-7(4-10)5(11)8(2)6(12)9(7)3/h10H,4H2,1-3H3. The highest BCUT2D eigenvalue weighted by Gasteiger charge is 2.50. The predicted molar refractivity (Wildman–Crippen MR) is 41.4 cm³/mol. The van der Waals surface area contributed by atoms with E-state index in [2.05, 4.69) is 0 Å². The first-order chi connectivity index (χ1) is 5.45. The fourth-order valence-electron chi connectivity index (χ4n) is 1.20. The summed E-state index contributed by atoms with van der Waals surface area (Å²) in [6, 6.07) is -0.378. The van der Waals surface area contributed by atoms with Gasteiger partial charge in [0.15, 0.2) is 0 Å². The number of carbonyl (C=O) groups is 2. The number of aliphatic hydroxyl groups is 1. The van der Waals surface area contributed by atoms with Crippen LogP contribution in [0, 0.1) is 0 Å². The second-order valence-corrected chi connectivity index (χ2v) is 3.14. The zero-order valence-electron chi connectivity index (χ0n) is 7.37. The molecular weight excluding hydrogens is 160 g/mol. The van der Waals surface area contributed by atoms with Gasteiger partial charge in [0.05, 0.1) is 6.61 Å². The lowest BCUT2D eigenvalue weighted by molar-refractivity contribution is -0.133. The van der Waals surface area contributed by atoms with E-state index in [1.165, 1.54) is 25.9 Å². The number of imide groups is 1. The summed E-state index contributed by atoms with van der Waals surface area (Å²) < 4.78 is 0. The van der Waals surface area contributed by atoms with Gasteiger partial charge in [0.25, 0.3) is 5.91 Å². The van der Waals surface area contributed by atoms with E-state index in [-0.39, 0.29) is 18.5 Å². The highest BCUT2D eigenvalue weighted by atomic mass is 16.3. The van der Waals surface area contributed by atoms with Crippen molar-refractivity contribution in [3.63, 3.8) is 0 Å². The molecule has 0 saturated carbocycles. The molecule has 0 aromatic rings. The Bertz CT molecular complexity index is 241. The van der Waals surface area contributed by atoms with E-state index >= 15 is 0 Å². The highest BCUT2D eigenvalue weighted by Crippen LogP contribution is 2.24. The molecule has 3 amide bonds. The number of carbonyl (C=O) groups excluding carboxylic acids is 2. The van der Waals surface area contributed by atoms with Gasteiger partial charge in [-0.15, -0.1) is 0 Å². The minimum absolute atomic E-state index is 0.349. The van der Waals surface area contributed by atoms with Crippen LogP contribution >= 0.6 is 0 Å². The molecule has 0 bridgehead atoms. The van der Waals surface area contributed by atoms with Gasteiger partial charge in [0, 0.05) is 14.1 Å². The van der Waals surface area contributed by atoms with Crippen molar-refractivity contribution in [3.8, 4) is 0 Å². The molecule has 1 aliphatic heterocycles. The molecule has 68 valence electrons. The van der Waals surface area contributed by atoms with Gasteiger partial charge in [-0.2, -0.15) is 0 Å². The summed E-state index contributed by atoms with van der Waals surface area (Å²) >= 11 is 0. The lowest BCUT2D eigenvalue weighted by Crippen LogP contribution is -2.48. The largest absolute Gasteiger partial charge is 0.393 e. The van der Waals surface area contributed by atoms with Gasteiger partial charge in [-0.3, -0.25) is 9.69 Å². The molecule has 1 rings (SSSR count). The van der Waals surface area contributed by atoms with Crippen molar-refractivity contribution in [1.29, 1.82) is 0 Å². The number of likely N-dealkylation sites (N-methyl/N-ethyl adjacent to an activating group) is 2. The number of aliphatic hydroxyl groups excluding tert-OH is 1. The lowest BCUT2D eigenvalue weighted by atomic mass is 10.0. The second kappa shape index (κ2) is 2.45. The molecule has 5 heteroatoms. The third kappa shape index (κ3) is 0.828. The molecule has 1 atom stereocenters. The number of nitrogens with zero attached hydrogens (tertiary/aromatic N) is 2. The molecule has 12 heavy (non-hydrogen) atoms. The fraction of sp³-hybridized carbons (Fsp3) is 0.714. The van der Waals surface area contributed by atoms with Crippen LogP contribution in [-0.2, 0) is 4.79 Å². The summed E-state index contributed by atoms with van der Waals surface area (Å²) in [4.78, 5) is 24.8. The molecule has 1 unspecified atom stereocenters. The van der Waals surface area contributed by atoms with Crippen molar-refractivity contribution in [2.24, 2.45) is 0 Å². The van der Waals surface area contributed by atoms with E-state index in [0.717, 1.165) is 4.90 Å². The molecule has 0 aromatic heterocycles. The van der Waals surface area contributed by atoms with Crippen LogP contribution in [-0.4, -0.2) is 53.1 Å². The normalized spacial score (nSPS) is 30.3. The Balaban J connectivity index is 3.06. The molecule has 1 aliphatic rings. The van der Waals surface area contributed by atoms with Crippen LogP contribution in [0.1, 0.15) is 6.92 Å². The maximum absolute atomic E-state index is 11.4. The van der Waals surface area contributed by atoms with Crippen LogP contribution in [0.2, 0.25) is 0 Å². The number of urea groups is 1. The highest BCUT2D eigenvalue weighted by molar-refractivity contribution is 6.06. The van der Waals surface area contributed by atoms with E-state index in [1.807, 2.05) is 0 Å². The molecule has 1 saturated heterocycles.